The van der Waals surface area contributed by atoms with Gasteiger partial charge in [-0.1, -0.05) is 36.4 Å². The number of hydrazine groups is 1. The van der Waals surface area contributed by atoms with E-state index in [1.54, 1.807) is 54.6 Å². The fourth-order valence-electron chi connectivity index (χ4n) is 2.44. The Kier molecular flexibility index (Phi) is 4.07. The van der Waals surface area contributed by atoms with Gasteiger partial charge in [0, 0.05) is 11.3 Å². The molecule has 1 atom stereocenters. The van der Waals surface area contributed by atoms with Gasteiger partial charge in [-0.15, -0.1) is 0 Å². The number of anilines is 1. The fourth-order valence-corrected chi connectivity index (χ4v) is 2.44. The van der Waals surface area contributed by atoms with E-state index in [2.05, 4.69) is 10.7 Å². The van der Waals surface area contributed by atoms with Gasteiger partial charge in [-0.3, -0.25) is 30.0 Å². The highest BCUT2D eigenvalue weighted by Crippen LogP contribution is 2.32. The lowest BCUT2D eigenvalue weighted by atomic mass is 9.96. The lowest BCUT2D eigenvalue weighted by Crippen LogP contribution is -2.46. The van der Waals surface area contributed by atoms with Gasteiger partial charge >= 0.3 is 5.91 Å². The van der Waals surface area contributed by atoms with Gasteiger partial charge in [-0.05, 0) is 23.8 Å². The van der Waals surface area contributed by atoms with Crippen LogP contribution in [0.3, 0.4) is 0 Å². The third kappa shape index (κ3) is 2.87. The maximum Gasteiger partial charge on any atom is 0.306 e. The van der Waals surface area contributed by atoms with Crippen molar-refractivity contribution >= 4 is 29.2 Å². The van der Waals surface area contributed by atoms with Gasteiger partial charge in [0.2, 0.25) is 11.7 Å². The van der Waals surface area contributed by atoms with Crippen LogP contribution in [0.2, 0.25) is 0 Å². The zero-order valence-electron chi connectivity index (χ0n) is 12.4. The van der Waals surface area contributed by atoms with E-state index in [0.29, 0.717) is 16.8 Å². The SMILES string of the molecule is O=C(NNC(=O)c1ccccc1)C(=O)[C@H]1C(=O)Nc2ccccc21. The highest BCUT2D eigenvalue weighted by atomic mass is 16.2. The molecule has 7 heteroatoms. The van der Waals surface area contributed by atoms with Crippen molar-refractivity contribution < 1.29 is 19.2 Å². The Labute approximate surface area is 137 Å². The van der Waals surface area contributed by atoms with E-state index in [1.165, 1.54) is 0 Å². The summed E-state index contributed by atoms with van der Waals surface area (Å²) in [5.41, 5.74) is 5.46. The van der Waals surface area contributed by atoms with E-state index >= 15 is 0 Å². The maximum atomic E-state index is 12.2. The number of hydrogen-bond acceptors (Lipinski definition) is 4. The first kappa shape index (κ1) is 15.4. The number of amides is 3. The molecule has 3 N–H and O–H groups in total. The average molecular weight is 323 g/mol. The Morgan fingerprint density at radius 1 is 0.875 bits per heavy atom. The second kappa shape index (κ2) is 6.33. The Bertz CT molecular complexity index is 833. The topological polar surface area (TPSA) is 104 Å². The van der Waals surface area contributed by atoms with Crippen molar-refractivity contribution in [2.45, 2.75) is 5.92 Å². The van der Waals surface area contributed by atoms with Crippen LogP contribution in [0, 0.1) is 0 Å². The average Bonchev–Trinajstić information content (AvgIpc) is 2.95. The molecule has 0 aliphatic carbocycles. The maximum absolute atomic E-state index is 12.2. The lowest BCUT2D eigenvalue weighted by molar-refractivity contribution is -0.141. The summed E-state index contributed by atoms with van der Waals surface area (Å²) < 4.78 is 0. The quantitative estimate of drug-likeness (QED) is 0.440. The number of Topliss-reactive ketones (excluding diaryl/α,β-unsaturated/α-hetero) is 1. The molecule has 1 heterocycles. The first-order valence-electron chi connectivity index (χ1n) is 7.17. The largest absolute Gasteiger partial charge is 0.325 e. The Balaban J connectivity index is 1.67. The monoisotopic (exact) mass is 323 g/mol. The number of benzene rings is 2. The predicted molar refractivity (Wildman–Crippen MR) is 84.9 cm³/mol. The van der Waals surface area contributed by atoms with Gasteiger partial charge in [0.05, 0.1) is 0 Å². The molecule has 3 rings (SSSR count). The van der Waals surface area contributed by atoms with Crippen molar-refractivity contribution in [1.82, 2.24) is 10.9 Å². The van der Waals surface area contributed by atoms with E-state index in [1.807, 2.05) is 5.43 Å². The van der Waals surface area contributed by atoms with Gasteiger partial charge in [0.25, 0.3) is 5.91 Å². The molecule has 1 aliphatic rings. The van der Waals surface area contributed by atoms with Crippen molar-refractivity contribution in [1.29, 1.82) is 0 Å². The summed E-state index contributed by atoms with van der Waals surface area (Å²) in [5, 5.41) is 2.55. The lowest BCUT2D eigenvalue weighted by Gasteiger charge is -2.09. The van der Waals surface area contributed by atoms with E-state index in [4.69, 9.17) is 0 Å². The van der Waals surface area contributed by atoms with Crippen molar-refractivity contribution in [3.8, 4) is 0 Å². The molecule has 0 saturated carbocycles. The molecule has 120 valence electrons. The fraction of sp³-hybridized carbons (Fsp3) is 0.0588. The molecular formula is C17H13N3O4. The third-order valence-corrected chi connectivity index (χ3v) is 3.60. The molecule has 3 amide bonds. The number of nitrogens with one attached hydrogen (secondary N) is 3. The van der Waals surface area contributed by atoms with Crippen LogP contribution >= 0.6 is 0 Å². The molecule has 0 spiro atoms. The van der Waals surface area contributed by atoms with Gasteiger partial charge < -0.3 is 5.32 Å². The number of fused-ring (bicyclic) bond motifs is 1. The first-order chi connectivity index (χ1) is 11.6. The number of ketones is 1. The van der Waals surface area contributed by atoms with Gasteiger partial charge in [0.15, 0.2) is 0 Å². The van der Waals surface area contributed by atoms with Crippen LogP contribution in [-0.2, 0) is 14.4 Å². The van der Waals surface area contributed by atoms with Crippen LogP contribution in [0.15, 0.2) is 54.6 Å². The minimum Gasteiger partial charge on any atom is -0.325 e. The second-order valence-electron chi connectivity index (χ2n) is 5.15. The summed E-state index contributed by atoms with van der Waals surface area (Å²) in [5.74, 6) is -4.34. The number of hydrogen-bond donors (Lipinski definition) is 3. The molecule has 0 radical (unpaired) electrons. The summed E-state index contributed by atoms with van der Waals surface area (Å²) >= 11 is 0. The smallest absolute Gasteiger partial charge is 0.306 e. The molecule has 0 aromatic heterocycles. The highest BCUT2D eigenvalue weighted by molar-refractivity contribution is 6.44. The minimum atomic E-state index is -1.21. The summed E-state index contributed by atoms with van der Waals surface area (Å²) in [7, 11) is 0. The molecule has 2 aromatic carbocycles. The number of carbonyl (C=O) groups excluding carboxylic acids is 4. The van der Waals surface area contributed by atoms with Crippen LogP contribution in [0.25, 0.3) is 0 Å². The van der Waals surface area contributed by atoms with Crippen LogP contribution in [0.5, 0.6) is 0 Å². The van der Waals surface area contributed by atoms with E-state index in [0.717, 1.165) is 0 Å². The molecule has 1 aliphatic heterocycles. The standard InChI is InChI=1S/C17H13N3O4/c21-14(13-11-8-4-5-9-12(11)18-16(13)23)17(24)20-19-15(22)10-6-2-1-3-7-10/h1-9,13H,(H,18,23)(H,19,22)(H,20,24)/t13-/m0/s1. The van der Waals surface area contributed by atoms with Crippen molar-refractivity contribution in [2.24, 2.45) is 0 Å². The third-order valence-electron chi connectivity index (χ3n) is 3.60. The Morgan fingerprint density at radius 3 is 2.29 bits per heavy atom. The van der Waals surface area contributed by atoms with E-state index in [9.17, 15) is 19.2 Å². The van der Waals surface area contributed by atoms with E-state index < -0.39 is 29.4 Å². The molecule has 24 heavy (non-hydrogen) atoms. The zero-order chi connectivity index (χ0) is 17.1. The Morgan fingerprint density at radius 2 is 1.54 bits per heavy atom. The second-order valence-corrected chi connectivity index (χ2v) is 5.15. The zero-order valence-corrected chi connectivity index (χ0v) is 12.4. The molecule has 0 bridgehead atoms. The van der Waals surface area contributed by atoms with Crippen LogP contribution < -0.4 is 16.2 Å². The van der Waals surface area contributed by atoms with Crippen LogP contribution in [-0.4, -0.2) is 23.5 Å². The highest BCUT2D eigenvalue weighted by Gasteiger charge is 2.39. The summed E-state index contributed by atoms with van der Waals surface area (Å²) in [4.78, 5) is 48.0. The molecule has 0 saturated heterocycles. The summed E-state index contributed by atoms with van der Waals surface area (Å²) in [6.45, 7) is 0. The minimum absolute atomic E-state index is 0.328. The van der Waals surface area contributed by atoms with Gasteiger partial charge in [-0.2, -0.15) is 0 Å². The van der Waals surface area contributed by atoms with Crippen LogP contribution in [0.4, 0.5) is 5.69 Å². The molecule has 2 aromatic rings. The van der Waals surface area contributed by atoms with Gasteiger partial charge in [-0.25, -0.2) is 0 Å². The number of carbonyl (C=O) groups is 4. The Hall–Kier alpha value is -3.48. The van der Waals surface area contributed by atoms with Gasteiger partial charge in [0.1, 0.15) is 5.92 Å². The molecule has 0 fully saturated rings. The molecular weight excluding hydrogens is 310 g/mol. The first-order valence-corrected chi connectivity index (χ1v) is 7.17. The predicted octanol–water partition coefficient (Wildman–Crippen LogP) is 0.753. The van der Waals surface area contributed by atoms with Crippen molar-refractivity contribution in [3.63, 3.8) is 0 Å². The molecule has 0 unspecified atom stereocenters. The molecule has 7 nitrogen and oxygen atoms in total. The number of para-hydroxylation sites is 1. The summed E-state index contributed by atoms with van der Waals surface area (Å²) in [6.07, 6.45) is 0. The van der Waals surface area contributed by atoms with Crippen molar-refractivity contribution in [3.05, 3.63) is 65.7 Å². The number of rotatable bonds is 3. The summed E-state index contributed by atoms with van der Waals surface area (Å²) in [6, 6.07) is 14.8. The normalized spacial score (nSPS) is 15.2. The van der Waals surface area contributed by atoms with Crippen LogP contribution in [0.1, 0.15) is 21.8 Å². The van der Waals surface area contributed by atoms with Crippen molar-refractivity contribution in [2.75, 3.05) is 5.32 Å². The van der Waals surface area contributed by atoms with E-state index in [-0.39, 0.29) is 0 Å².